The van der Waals surface area contributed by atoms with E-state index in [2.05, 4.69) is 10.3 Å². The molecule has 2 rings (SSSR count). The van der Waals surface area contributed by atoms with Gasteiger partial charge in [0.25, 0.3) is 0 Å². The molecule has 0 unspecified atom stereocenters. The summed E-state index contributed by atoms with van der Waals surface area (Å²) in [5.41, 5.74) is 1.73. The first-order valence-electron chi connectivity index (χ1n) is 6.87. The van der Waals surface area contributed by atoms with Crippen LogP contribution >= 0.6 is 11.8 Å². The molecule has 1 aromatic carbocycles. The van der Waals surface area contributed by atoms with Crippen molar-refractivity contribution in [2.75, 3.05) is 17.3 Å². The quantitative estimate of drug-likeness (QED) is 0.756. The maximum atomic E-state index is 12.0. The van der Waals surface area contributed by atoms with Gasteiger partial charge in [-0.2, -0.15) is 11.8 Å². The Kier molecular flexibility index (Phi) is 5.32. The van der Waals surface area contributed by atoms with E-state index < -0.39 is 5.69 Å². The number of carbonyl (C=O) groups excluding carboxylic acids is 1. The molecule has 22 heavy (non-hydrogen) atoms. The van der Waals surface area contributed by atoms with E-state index in [-0.39, 0.29) is 18.3 Å². The highest BCUT2D eigenvalue weighted by atomic mass is 32.2. The van der Waals surface area contributed by atoms with Crippen LogP contribution in [0.25, 0.3) is 0 Å². The van der Waals surface area contributed by atoms with Crippen LogP contribution in [-0.2, 0) is 17.8 Å². The van der Waals surface area contributed by atoms with Crippen LogP contribution in [0.3, 0.4) is 0 Å². The first-order valence-corrected chi connectivity index (χ1v) is 8.26. The van der Waals surface area contributed by atoms with Gasteiger partial charge in [-0.3, -0.25) is 9.36 Å². The van der Waals surface area contributed by atoms with Crippen molar-refractivity contribution in [1.82, 2.24) is 9.55 Å². The van der Waals surface area contributed by atoms with Crippen molar-refractivity contribution in [3.63, 3.8) is 0 Å². The van der Waals surface area contributed by atoms with Crippen LogP contribution in [0.5, 0.6) is 5.88 Å². The van der Waals surface area contributed by atoms with Gasteiger partial charge in [-0.1, -0.05) is 17.7 Å². The second-order valence-corrected chi connectivity index (χ2v) is 5.96. The zero-order chi connectivity index (χ0) is 16.1. The molecule has 118 valence electrons. The van der Waals surface area contributed by atoms with Gasteiger partial charge in [-0.25, -0.2) is 4.79 Å². The first-order chi connectivity index (χ1) is 10.5. The third kappa shape index (κ3) is 3.94. The zero-order valence-electron chi connectivity index (χ0n) is 12.5. The number of nitrogens with zero attached hydrogens (tertiary/aromatic N) is 1. The summed E-state index contributed by atoms with van der Waals surface area (Å²) in [5, 5.41) is 12.7. The van der Waals surface area contributed by atoms with Crippen molar-refractivity contribution < 1.29 is 9.90 Å². The lowest BCUT2D eigenvalue weighted by Gasteiger charge is -2.06. The summed E-state index contributed by atoms with van der Waals surface area (Å²) in [4.78, 5) is 26.4. The Morgan fingerprint density at radius 1 is 1.36 bits per heavy atom. The number of hydrogen-bond acceptors (Lipinski definition) is 4. The first kappa shape index (κ1) is 16.2. The maximum Gasteiger partial charge on any atom is 0.329 e. The van der Waals surface area contributed by atoms with E-state index in [9.17, 15) is 14.7 Å². The molecule has 0 spiro atoms. The molecule has 2 aromatic rings. The third-order valence-electron chi connectivity index (χ3n) is 3.22. The molecule has 0 saturated heterocycles. The Hall–Kier alpha value is -2.15. The smallest absolute Gasteiger partial charge is 0.329 e. The summed E-state index contributed by atoms with van der Waals surface area (Å²) in [6.07, 6.45) is 2.50. The van der Waals surface area contributed by atoms with E-state index >= 15 is 0 Å². The van der Waals surface area contributed by atoms with Gasteiger partial charge in [0.2, 0.25) is 11.8 Å². The Labute approximate surface area is 132 Å². The molecule has 1 amide bonds. The molecule has 0 fully saturated rings. The number of aromatic amines is 1. The molecule has 0 radical (unpaired) electrons. The van der Waals surface area contributed by atoms with Crippen LogP contribution in [0, 0.1) is 6.92 Å². The molecular weight excluding hydrogens is 302 g/mol. The van der Waals surface area contributed by atoms with Crippen molar-refractivity contribution in [3.05, 3.63) is 46.0 Å². The second-order valence-electron chi connectivity index (χ2n) is 4.98. The minimum Gasteiger partial charge on any atom is -0.493 e. The predicted molar refractivity (Wildman–Crippen MR) is 88.6 cm³/mol. The van der Waals surface area contributed by atoms with E-state index in [1.54, 1.807) is 23.9 Å². The molecule has 6 nitrogen and oxygen atoms in total. The van der Waals surface area contributed by atoms with Crippen molar-refractivity contribution in [2.24, 2.45) is 0 Å². The van der Waals surface area contributed by atoms with Crippen LogP contribution in [0.2, 0.25) is 0 Å². The highest BCUT2D eigenvalue weighted by Gasteiger charge is 2.15. The number of nitrogens with one attached hydrogen (secondary N) is 2. The maximum absolute atomic E-state index is 12.0. The van der Waals surface area contributed by atoms with Crippen molar-refractivity contribution >= 4 is 23.4 Å². The summed E-state index contributed by atoms with van der Waals surface area (Å²) in [5.74, 6) is 0.248. The lowest BCUT2D eigenvalue weighted by atomic mass is 10.2. The number of carbonyl (C=O) groups is 1. The van der Waals surface area contributed by atoms with Crippen molar-refractivity contribution in [2.45, 2.75) is 19.9 Å². The van der Waals surface area contributed by atoms with Crippen LogP contribution in [0.15, 0.2) is 29.1 Å². The number of benzene rings is 1. The minimum atomic E-state index is -0.479. The lowest BCUT2D eigenvalue weighted by molar-refractivity contribution is -0.116. The standard InChI is InChI=1S/C15H19N3O3S/c1-10-3-5-11(6-4-10)16-13(19)9-18-14(20)12(7-8-22-2)17-15(18)21/h3-6,20H,7-9H2,1-2H3,(H,16,19)(H,17,21). The number of amides is 1. The molecule has 0 saturated carbocycles. The fraction of sp³-hybridized carbons (Fsp3) is 0.333. The van der Waals surface area contributed by atoms with Gasteiger partial charge >= 0.3 is 5.69 Å². The summed E-state index contributed by atoms with van der Waals surface area (Å²) >= 11 is 1.62. The van der Waals surface area contributed by atoms with Crippen molar-refractivity contribution in [1.29, 1.82) is 0 Å². The Morgan fingerprint density at radius 2 is 2.05 bits per heavy atom. The van der Waals surface area contributed by atoms with Gasteiger partial charge in [0, 0.05) is 12.1 Å². The molecule has 0 aliphatic carbocycles. The van der Waals surface area contributed by atoms with Gasteiger partial charge < -0.3 is 15.4 Å². The molecule has 7 heteroatoms. The molecule has 1 heterocycles. The van der Waals surface area contributed by atoms with Gasteiger partial charge in [0.15, 0.2) is 0 Å². The molecule has 0 atom stereocenters. The highest BCUT2D eigenvalue weighted by molar-refractivity contribution is 7.98. The molecule has 0 aliphatic rings. The van der Waals surface area contributed by atoms with Gasteiger partial charge in [0.1, 0.15) is 6.54 Å². The van der Waals surface area contributed by atoms with Crippen molar-refractivity contribution in [3.8, 4) is 5.88 Å². The van der Waals surface area contributed by atoms with Crippen LogP contribution in [0.1, 0.15) is 11.3 Å². The average molecular weight is 321 g/mol. The lowest BCUT2D eigenvalue weighted by Crippen LogP contribution is -2.25. The van der Waals surface area contributed by atoms with Gasteiger partial charge in [-0.15, -0.1) is 0 Å². The van der Waals surface area contributed by atoms with Crippen LogP contribution in [0.4, 0.5) is 5.69 Å². The number of imidazole rings is 1. The number of aromatic nitrogens is 2. The molecule has 3 N–H and O–H groups in total. The highest BCUT2D eigenvalue weighted by Crippen LogP contribution is 2.15. The Bertz CT molecular complexity index is 704. The van der Waals surface area contributed by atoms with Crippen LogP contribution in [-0.4, -0.2) is 32.6 Å². The Balaban J connectivity index is 2.06. The average Bonchev–Trinajstić information content (AvgIpc) is 2.75. The van der Waals surface area contributed by atoms with E-state index in [0.29, 0.717) is 17.8 Å². The molecule has 0 bridgehead atoms. The number of aryl methyl sites for hydroxylation is 2. The fourth-order valence-electron chi connectivity index (χ4n) is 2.02. The number of rotatable bonds is 6. The minimum absolute atomic E-state index is 0.168. The molecule has 1 aromatic heterocycles. The monoisotopic (exact) mass is 321 g/mol. The number of thioether (sulfide) groups is 1. The topological polar surface area (TPSA) is 87.1 Å². The SMILES string of the molecule is CSCCc1[nH]c(=O)n(CC(=O)Nc2ccc(C)cc2)c1O. The van der Waals surface area contributed by atoms with E-state index in [1.807, 2.05) is 25.3 Å². The molecule has 0 aliphatic heterocycles. The van der Waals surface area contributed by atoms with E-state index in [0.717, 1.165) is 15.9 Å². The summed E-state index contributed by atoms with van der Waals surface area (Å²) in [6, 6.07) is 7.35. The number of H-pyrrole nitrogens is 1. The van der Waals surface area contributed by atoms with E-state index in [1.165, 1.54) is 0 Å². The number of aromatic hydroxyl groups is 1. The van der Waals surface area contributed by atoms with Gasteiger partial charge in [-0.05, 0) is 31.1 Å². The van der Waals surface area contributed by atoms with Crippen LogP contribution < -0.4 is 11.0 Å². The largest absolute Gasteiger partial charge is 0.493 e. The third-order valence-corrected chi connectivity index (χ3v) is 3.83. The predicted octanol–water partition coefficient (Wildman–Crippen LogP) is 1.73. The summed E-state index contributed by atoms with van der Waals surface area (Å²) < 4.78 is 1.04. The van der Waals surface area contributed by atoms with E-state index in [4.69, 9.17) is 0 Å². The fourth-order valence-corrected chi connectivity index (χ4v) is 2.43. The summed E-state index contributed by atoms with van der Waals surface area (Å²) in [7, 11) is 0. The molecular formula is C15H19N3O3S. The normalized spacial score (nSPS) is 10.6. The van der Waals surface area contributed by atoms with Gasteiger partial charge in [0.05, 0.1) is 5.69 Å². The zero-order valence-corrected chi connectivity index (χ0v) is 13.4. The number of hydrogen-bond donors (Lipinski definition) is 3. The second kappa shape index (κ2) is 7.22. The summed E-state index contributed by atoms with van der Waals surface area (Å²) in [6.45, 7) is 1.73. The Morgan fingerprint density at radius 3 is 2.68 bits per heavy atom. The number of anilines is 1.